The fourth-order valence-corrected chi connectivity index (χ4v) is 4.23. The number of rotatable bonds is 7. The van der Waals surface area contributed by atoms with Crippen LogP contribution in [0.4, 0.5) is 5.69 Å². The predicted molar refractivity (Wildman–Crippen MR) is 113 cm³/mol. The third-order valence-corrected chi connectivity index (χ3v) is 5.70. The molecule has 0 spiro atoms. The highest BCUT2D eigenvalue weighted by molar-refractivity contribution is 5.93. The lowest BCUT2D eigenvalue weighted by Gasteiger charge is -2.34. The molecular weight excluding hydrogens is 332 g/mol. The van der Waals surface area contributed by atoms with Gasteiger partial charge < -0.3 is 5.32 Å². The van der Waals surface area contributed by atoms with Gasteiger partial charge in [-0.05, 0) is 67.8 Å². The second-order valence-corrected chi connectivity index (χ2v) is 7.65. The molecule has 0 aromatic heterocycles. The van der Waals surface area contributed by atoms with Gasteiger partial charge in [-0.3, -0.25) is 9.69 Å². The van der Waals surface area contributed by atoms with Crippen LogP contribution in [0.5, 0.6) is 0 Å². The van der Waals surface area contributed by atoms with E-state index in [0.29, 0.717) is 12.6 Å². The minimum Gasteiger partial charge on any atom is -0.324 e. The SMILES string of the molecule is CCCN(CC(=O)Nc1c(C)cccc1CC)C1CCc2ccccc2C1. The van der Waals surface area contributed by atoms with Gasteiger partial charge in [-0.1, -0.05) is 56.3 Å². The number of carbonyl (C=O) groups excluding carboxylic acids is 1. The Kier molecular flexibility index (Phi) is 6.68. The molecule has 3 nitrogen and oxygen atoms in total. The van der Waals surface area contributed by atoms with Gasteiger partial charge >= 0.3 is 0 Å². The first-order valence-electron chi connectivity index (χ1n) is 10.3. The third-order valence-electron chi connectivity index (χ3n) is 5.70. The van der Waals surface area contributed by atoms with Crippen LogP contribution >= 0.6 is 0 Å². The van der Waals surface area contributed by atoms with Crippen molar-refractivity contribution in [3.8, 4) is 0 Å². The number of anilines is 1. The lowest BCUT2D eigenvalue weighted by molar-refractivity contribution is -0.118. The highest BCUT2D eigenvalue weighted by Crippen LogP contribution is 2.25. The molecule has 0 saturated carbocycles. The highest BCUT2D eigenvalue weighted by atomic mass is 16.2. The number of benzene rings is 2. The zero-order valence-corrected chi connectivity index (χ0v) is 16.9. The normalized spacial score (nSPS) is 16.2. The number of para-hydroxylation sites is 1. The van der Waals surface area contributed by atoms with Crippen LogP contribution in [0.25, 0.3) is 0 Å². The lowest BCUT2D eigenvalue weighted by atomic mass is 9.87. The summed E-state index contributed by atoms with van der Waals surface area (Å²) in [5.41, 5.74) is 6.26. The Balaban J connectivity index is 1.69. The van der Waals surface area contributed by atoms with Crippen LogP contribution in [0.2, 0.25) is 0 Å². The van der Waals surface area contributed by atoms with Crippen molar-refractivity contribution in [3.05, 3.63) is 64.7 Å². The van der Waals surface area contributed by atoms with Gasteiger partial charge in [-0.15, -0.1) is 0 Å². The average molecular weight is 365 g/mol. The number of nitrogens with zero attached hydrogens (tertiary/aromatic N) is 1. The molecule has 0 radical (unpaired) electrons. The molecule has 1 atom stereocenters. The number of amides is 1. The molecular formula is C24H32N2O. The molecule has 0 fully saturated rings. The summed E-state index contributed by atoms with van der Waals surface area (Å²) in [5.74, 6) is 0.103. The van der Waals surface area contributed by atoms with E-state index in [1.807, 2.05) is 0 Å². The van der Waals surface area contributed by atoms with E-state index in [1.165, 1.54) is 16.7 Å². The van der Waals surface area contributed by atoms with Crippen molar-refractivity contribution in [2.75, 3.05) is 18.4 Å². The Morgan fingerprint density at radius 2 is 1.89 bits per heavy atom. The summed E-state index contributed by atoms with van der Waals surface area (Å²) in [6, 6.07) is 15.4. The van der Waals surface area contributed by atoms with Gasteiger partial charge in [0, 0.05) is 11.7 Å². The van der Waals surface area contributed by atoms with Crippen LogP contribution in [-0.2, 0) is 24.1 Å². The van der Waals surface area contributed by atoms with Crippen LogP contribution in [-0.4, -0.2) is 29.9 Å². The number of aryl methyl sites for hydroxylation is 3. The maximum absolute atomic E-state index is 12.9. The van der Waals surface area contributed by atoms with Crippen LogP contribution < -0.4 is 5.32 Å². The number of carbonyl (C=O) groups is 1. The van der Waals surface area contributed by atoms with Crippen LogP contribution in [0.15, 0.2) is 42.5 Å². The number of hydrogen-bond donors (Lipinski definition) is 1. The standard InChI is InChI=1S/C24H32N2O/c1-4-15-26(22-14-13-20-10-6-7-11-21(20)16-22)17-23(27)25-24-18(3)9-8-12-19(24)5-2/h6-12,22H,4-5,13-17H2,1-3H3,(H,25,27). The summed E-state index contributed by atoms with van der Waals surface area (Å²) in [6.07, 6.45) is 5.29. The van der Waals surface area contributed by atoms with E-state index in [0.717, 1.165) is 49.9 Å². The summed E-state index contributed by atoms with van der Waals surface area (Å²) in [4.78, 5) is 15.2. The van der Waals surface area contributed by atoms with Gasteiger partial charge in [0.05, 0.1) is 6.54 Å². The van der Waals surface area contributed by atoms with Gasteiger partial charge in [0.1, 0.15) is 0 Å². The van der Waals surface area contributed by atoms with Gasteiger partial charge in [0.2, 0.25) is 5.91 Å². The van der Waals surface area contributed by atoms with E-state index in [1.54, 1.807) is 0 Å². The third kappa shape index (κ3) is 4.78. The fraction of sp³-hybridized carbons (Fsp3) is 0.458. The molecule has 1 aliphatic rings. The van der Waals surface area contributed by atoms with Gasteiger partial charge in [0.25, 0.3) is 0 Å². The molecule has 144 valence electrons. The molecule has 1 unspecified atom stereocenters. The average Bonchev–Trinajstić information content (AvgIpc) is 2.69. The van der Waals surface area contributed by atoms with Crippen molar-refractivity contribution in [1.29, 1.82) is 0 Å². The van der Waals surface area contributed by atoms with Crippen molar-refractivity contribution >= 4 is 11.6 Å². The van der Waals surface area contributed by atoms with Crippen molar-refractivity contribution in [2.24, 2.45) is 0 Å². The number of nitrogens with one attached hydrogen (secondary N) is 1. The number of fused-ring (bicyclic) bond motifs is 1. The largest absolute Gasteiger partial charge is 0.324 e. The Morgan fingerprint density at radius 1 is 1.11 bits per heavy atom. The van der Waals surface area contributed by atoms with E-state index < -0.39 is 0 Å². The first-order valence-corrected chi connectivity index (χ1v) is 10.3. The minimum absolute atomic E-state index is 0.103. The lowest BCUT2D eigenvalue weighted by Crippen LogP contribution is -2.44. The van der Waals surface area contributed by atoms with Crippen molar-refractivity contribution in [2.45, 2.75) is 58.9 Å². The van der Waals surface area contributed by atoms with Crippen molar-refractivity contribution in [1.82, 2.24) is 4.90 Å². The van der Waals surface area contributed by atoms with E-state index in [2.05, 4.69) is 73.5 Å². The molecule has 0 bridgehead atoms. The minimum atomic E-state index is 0.103. The Morgan fingerprint density at radius 3 is 2.63 bits per heavy atom. The predicted octanol–water partition coefficient (Wildman–Crippen LogP) is 4.77. The summed E-state index contributed by atoms with van der Waals surface area (Å²) < 4.78 is 0. The molecule has 2 aromatic carbocycles. The molecule has 0 aliphatic heterocycles. The first-order chi connectivity index (χ1) is 13.1. The molecule has 1 N–H and O–H groups in total. The Bertz CT molecular complexity index is 784. The molecule has 1 aliphatic carbocycles. The zero-order valence-electron chi connectivity index (χ0n) is 16.9. The van der Waals surface area contributed by atoms with Gasteiger partial charge in [-0.25, -0.2) is 0 Å². The fourth-order valence-electron chi connectivity index (χ4n) is 4.23. The summed E-state index contributed by atoms with van der Waals surface area (Å²) in [6.45, 7) is 7.83. The second kappa shape index (κ2) is 9.18. The molecule has 1 amide bonds. The smallest absolute Gasteiger partial charge is 0.238 e. The van der Waals surface area contributed by atoms with E-state index >= 15 is 0 Å². The van der Waals surface area contributed by atoms with Crippen molar-refractivity contribution < 1.29 is 4.79 Å². The Hall–Kier alpha value is -2.13. The molecule has 0 heterocycles. The maximum Gasteiger partial charge on any atom is 0.238 e. The van der Waals surface area contributed by atoms with E-state index in [4.69, 9.17) is 0 Å². The first kappa shape index (κ1) is 19.6. The quantitative estimate of drug-likeness (QED) is 0.768. The number of hydrogen-bond acceptors (Lipinski definition) is 2. The molecule has 27 heavy (non-hydrogen) atoms. The maximum atomic E-state index is 12.9. The van der Waals surface area contributed by atoms with Gasteiger partial charge in [0.15, 0.2) is 0 Å². The van der Waals surface area contributed by atoms with E-state index in [9.17, 15) is 4.79 Å². The highest BCUT2D eigenvalue weighted by Gasteiger charge is 2.25. The Labute approximate surface area is 163 Å². The second-order valence-electron chi connectivity index (χ2n) is 7.65. The summed E-state index contributed by atoms with van der Waals surface area (Å²) in [7, 11) is 0. The zero-order chi connectivity index (χ0) is 19.2. The van der Waals surface area contributed by atoms with Crippen LogP contribution in [0.1, 0.15) is 48.9 Å². The topological polar surface area (TPSA) is 32.3 Å². The molecule has 2 aromatic rings. The van der Waals surface area contributed by atoms with Gasteiger partial charge in [-0.2, -0.15) is 0 Å². The monoisotopic (exact) mass is 364 g/mol. The molecule has 3 heteroatoms. The summed E-state index contributed by atoms with van der Waals surface area (Å²) >= 11 is 0. The van der Waals surface area contributed by atoms with Crippen LogP contribution in [0.3, 0.4) is 0 Å². The molecule has 3 rings (SSSR count). The van der Waals surface area contributed by atoms with E-state index in [-0.39, 0.29) is 5.91 Å². The van der Waals surface area contributed by atoms with Crippen LogP contribution in [0, 0.1) is 6.92 Å². The van der Waals surface area contributed by atoms with Crippen molar-refractivity contribution in [3.63, 3.8) is 0 Å². The molecule has 0 saturated heterocycles. The summed E-state index contributed by atoms with van der Waals surface area (Å²) in [5, 5.41) is 3.20.